The summed E-state index contributed by atoms with van der Waals surface area (Å²) in [5.74, 6) is 1.82. The number of hydrogen-bond donors (Lipinski definition) is 1. The molecule has 1 saturated heterocycles. The van der Waals surface area contributed by atoms with Crippen LogP contribution in [0.3, 0.4) is 0 Å². The van der Waals surface area contributed by atoms with Crippen molar-refractivity contribution in [3.05, 3.63) is 102 Å². The van der Waals surface area contributed by atoms with Gasteiger partial charge in [0.05, 0.1) is 18.8 Å². The summed E-state index contributed by atoms with van der Waals surface area (Å²) in [6.45, 7) is 6.13. The van der Waals surface area contributed by atoms with Gasteiger partial charge >= 0.3 is 0 Å². The highest BCUT2D eigenvalue weighted by Gasteiger charge is 2.30. The number of piperazine rings is 1. The van der Waals surface area contributed by atoms with Crippen LogP contribution in [0.4, 0.5) is 0 Å². The molecule has 33 heavy (non-hydrogen) atoms. The Morgan fingerprint density at radius 2 is 1.70 bits per heavy atom. The maximum Gasteiger partial charge on any atom is 0.137 e. The first-order valence-corrected chi connectivity index (χ1v) is 11.5. The Labute approximate surface area is 195 Å². The molecule has 5 heteroatoms. The second-order valence-corrected chi connectivity index (χ2v) is 8.44. The van der Waals surface area contributed by atoms with Crippen molar-refractivity contribution in [3.8, 4) is 22.8 Å². The standard InChI is InChI=1S/C28H30N4O/c1-21-19-25(27(31-17-15-29-16-18-31)23-11-8-12-24(20-23)33-2)28(22-9-4-3-5-10-22)32(21)26-13-6-7-14-30-26/h3-14,19-20,27,29H,15-18H2,1-2H3. The van der Waals surface area contributed by atoms with Crippen molar-refractivity contribution in [1.82, 2.24) is 19.8 Å². The third-order valence-corrected chi connectivity index (χ3v) is 6.36. The third-order valence-electron chi connectivity index (χ3n) is 6.36. The van der Waals surface area contributed by atoms with Crippen LogP contribution in [-0.4, -0.2) is 47.7 Å². The van der Waals surface area contributed by atoms with Crippen molar-refractivity contribution in [2.45, 2.75) is 13.0 Å². The molecule has 0 bridgehead atoms. The normalized spacial score (nSPS) is 15.3. The molecule has 0 aliphatic carbocycles. The smallest absolute Gasteiger partial charge is 0.137 e. The Morgan fingerprint density at radius 1 is 0.909 bits per heavy atom. The van der Waals surface area contributed by atoms with E-state index in [0.717, 1.165) is 37.7 Å². The van der Waals surface area contributed by atoms with E-state index in [-0.39, 0.29) is 6.04 Å². The average Bonchev–Trinajstić information content (AvgIpc) is 3.22. The van der Waals surface area contributed by atoms with Crippen LogP contribution in [0.25, 0.3) is 17.1 Å². The third kappa shape index (κ3) is 4.30. The highest BCUT2D eigenvalue weighted by atomic mass is 16.5. The molecule has 2 aromatic heterocycles. The van der Waals surface area contributed by atoms with E-state index in [1.165, 1.54) is 28.1 Å². The molecule has 1 unspecified atom stereocenters. The van der Waals surface area contributed by atoms with Gasteiger partial charge in [-0.2, -0.15) is 0 Å². The van der Waals surface area contributed by atoms with E-state index in [2.05, 4.69) is 82.4 Å². The van der Waals surface area contributed by atoms with E-state index in [9.17, 15) is 0 Å². The number of aromatic nitrogens is 2. The van der Waals surface area contributed by atoms with Crippen molar-refractivity contribution in [3.63, 3.8) is 0 Å². The van der Waals surface area contributed by atoms with Crippen LogP contribution in [0.1, 0.15) is 22.9 Å². The molecule has 4 aromatic rings. The zero-order chi connectivity index (χ0) is 22.6. The first kappa shape index (κ1) is 21.4. The second-order valence-electron chi connectivity index (χ2n) is 8.44. The SMILES string of the molecule is COc1cccc(C(c2cc(C)n(-c3ccccn3)c2-c2ccccc2)N2CCNCC2)c1. The van der Waals surface area contributed by atoms with Gasteiger partial charge in [0.15, 0.2) is 0 Å². The lowest BCUT2D eigenvalue weighted by molar-refractivity contribution is 0.198. The molecule has 1 aliphatic heterocycles. The maximum absolute atomic E-state index is 5.60. The number of rotatable bonds is 6. The van der Waals surface area contributed by atoms with Gasteiger partial charge < -0.3 is 10.1 Å². The molecular weight excluding hydrogens is 408 g/mol. The largest absolute Gasteiger partial charge is 0.497 e. The van der Waals surface area contributed by atoms with Crippen LogP contribution < -0.4 is 10.1 Å². The Hall–Kier alpha value is -3.41. The minimum absolute atomic E-state index is 0.112. The minimum Gasteiger partial charge on any atom is -0.497 e. The fourth-order valence-corrected chi connectivity index (χ4v) is 4.88. The van der Waals surface area contributed by atoms with Gasteiger partial charge in [-0.05, 0) is 48.4 Å². The number of pyridine rings is 1. The van der Waals surface area contributed by atoms with Crippen LogP contribution >= 0.6 is 0 Å². The minimum atomic E-state index is 0.112. The first-order chi connectivity index (χ1) is 16.3. The Morgan fingerprint density at radius 3 is 2.42 bits per heavy atom. The molecule has 5 nitrogen and oxygen atoms in total. The fraction of sp³-hybridized carbons (Fsp3) is 0.250. The lowest BCUT2D eigenvalue weighted by atomic mass is 9.93. The van der Waals surface area contributed by atoms with Gasteiger partial charge in [0.2, 0.25) is 0 Å². The number of nitrogens with one attached hydrogen (secondary N) is 1. The Kier molecular flexibility index (Phi) is 6.24. The van der Waals surface area contributed by atoms with Crippen molar-refractivity contribution in [2.75, 3.05) is 33.3 Å². The lowest BCUT2D eigenvalue weighted by Crippen LogP contribution is -2.45. The highest BCUT2D eigenvalue weighted by Crippen LogP contribution is 2.40. The van der Waals surface area contributed by atoms with E-state index in [1.54, 1.807) is 7.11 Å². The van der Waals surface area contributed by atoms with Gasteiger partial charge in [-0.3, -0.25) is 9.47 Å². The molecular formula is C28H30N4O. The van der Waals surface area contributed by atoms with Gasteiger partial charge in [-0.15, -0.1) is 0 Å². The lowest BCUT2D eigenvalue weighted by Gasteiger charge is -2.36. The molecule has 3 heterocycles. The summed E-state index contributed by atoms with van der Waals surface area (Å²) in [5, 5.41) is 3.50. The molecule has 2 aromatic carbocycles. The van der Waals surface area contributed by atoms with E-state index in [1.807, 2.05) is 24.4 Å². The quantitative estimate of drug-likeness (QED) is 0.467. The molecule has 0 spiro atoms. The molecule has 1 fully saturated rings. The van der Waals surface area contributed by atoms with Crippen LogP contribution in [0.2, 0.25) is 0 Å². The van der Waals surface area contributed by atoms with E-state index in [4.69, 9.17) is 9.72 Å². The summed E-state index contributed by atoms with van der Waals surface area (Å²) in [6.07, 6.45) is 1.86. The van der Waals surface area contributed by atoms with Crippen LogP contribution in [0, 0.1) is 6.92 Å². The maximum atomic E-state index is 5.60. The van der Waals surface area contributed by atoms with Crippen LogP contribution in [-0.2, 0) is 0 Å². The van der Waals surface area contributed by atoms with Gasteiger partial charge in [0.25, 0.3) is 0 Å². The molecule has 0 saturated carbocycles. The number of nitrogens with zero attached hydrogens (tertiary/aromatic N) is 3. The predicted molar refractivity (Wildman–Crippen MR) is 133 cm³/mol. The average molecular weight is 439 g/mol. The van der Waals surface area contributed by atoms with Gasteiger partial charge in [-0.1, -0.05) is 48.5 Å². The molecule has 0 radical (unpaired) electrons. The number of ether oxygens (including phenoxy) is 1. The highest BCUT2D eigenvalue weighted by molar-refractivity contribution is 5.69. The van der Waals surface area contributed by atoms with Gasteiger partial charge in [-0.25, -0.2) is 4.98 Å². The summed E-state index contributed by atoms with van der Waals surface area (Å²) in [4.78, 5) is 7.28. The zero-order valence-corrected chi connectivity index (χ0v) is 19.2. The van der Waals surface area contributed by atoms with E-state index < -0.39 is 0 Å². The summed E-state index contributed by atoms with van der Waals surface area (Å²) < 4.78 is 7.89. The molecule has 1 N–H and O–H groups in total. The number of benzene rings is 2. The summed E-state index contributed by atoms with van der Waals surface area (Å²) >= 11 is 0. The number of aryl methyl sites for hydroxylation is 1. The molecule has 0 amide bonds. The number of hydrogen-bond acceptors (Lipinski definition) is 4. The van der Waals surface area contributed by atoms with Gasteiger partial charge in [0, 0.05) is 43.6 Å². The molecule has 168 valence electrons. The molecule has 1 aliphatic rings. The molecule has 1 atom stereocenters. The zero-order valence-electron chi connectivity index (χ0n) is 19.2. The summed E-state index contributed by atoms with van der Waals surface area (Å²) in [7, 11) is 1.73. The monoisotopic (exact) mass is 438 g/mol. The van der Waals surface area contributed by atoms with Crippen LogP contribution in [0.5, 0.6) is 5.75 Å². The molecule has 5 rings (SSSR count). The van der Waals surface area contributed by atoms with Crippen molar-refractivity contribution >= 4 is 0 Å². The van der Waals surface area contributed by atoms with E-state index >= 15 is 0 Å². The van der Waals surface area contributed by atoms with Crippen LogP contribution in [0.15, 0.2) is 85.1 Å². The van der Waals surface area contributed by atoms with Crippen molar-refractivity contribution in [1.29, 1.82) is 0 Å². The van der Waals surface area contributed by atoms with E-state index in [0.29, 0.717) is 0 Å². The summed E-state index contributed by atoms with van der Waals surface area (Å²) in [5.41, 5.74) is 6.09. The fourth-order valence-electron chi connectivity index (χ4n) is 4.88. The summed E-state index contributed by atoms with van der Waals surface area (Å²) in [6, 6.07) is 27.7. The Balaban J connectivity index is 1.75. The van der Waals surface area contributed by atoms with Gasteiger partial charge in [0.1, 0.15) is 11.6 Å². The second kappa shape index (κ2) is 9.61. The van der Waals surface area contributed by atoms with Crippen molar-refractivity contribution in [2.24, 2.45) is 0 Å². The topological polar surface area (TPSA) is 42.3 Å². The Bertz CT molecular complexity index is 1200. The predicted octanol–water partition coefficient (Wildman–Crippen LogP) is 4.85. The first-order valence-electron chi connectivity index (χ1n) is 11.5. The number of methoxy groups -OCH3 is 1. The van der Waals surface area contributed by atoms with Crippen molar-refractivity contribution < 1.29 is 4.74 Å².